The molecule has 2 aromatic heterocycles. The van der Waals surface area contributed by atoms with E-state index in [0.717, 1.165) is 40.6 Å². The Morgan fingerprint density at radius 1 is 1.09 bits per heavy atom. The zero-order valence-corrected chi connectivity index (χ0v) is 13.0. The van der Waals surface area contributed by atoms with Crippen LogP contribution in [0.15, 0.2) is 48.8 Å². The zero-order chi connectivity index (χ0) is 16.0. The molecule has 3 aromatic rings. The van der Waals surface area contributed by atoms with Crippen LogP contribution < -0.4 is 5.73 Å². The minimum Gasteiger partial charge on any atom is -0.369 e. The molecule has 0 bridgehead atoms. The van der Waals surface area contributed by atoms with Crippen LogP contribution in [0.25, 0.3) is 22.0 Å². The first-order chi connectivity index (χ1) is 11.1. The first kappa shape index (κ1) is 14.2. The van der Waals surface area contributed by atoms with Gasteiger partial charge in [0.15, 0.2) is 0 Å². The van der Waals surface area contributed by atoms with Crippen LogP contribution in [0.4, 0.5) is 0 Å². The van der Waals surface area contributed by atoms with E-state index in [2.05, 4.69) is 9.97 Å². The highest BCUT2D eigenvalue weighted by atomic mass is 35.5. The lowest BCUT2D eigenvalue weighted by atomic mass is 9.99. The topological polar surface area (TPSA) is 68.9 Å². The van der Waals surface area contributed by atoms with Crippen LogP contribution in [0, 0.1) is 0 Å². The Morgan fingerprint density at radius 3 is 2.48 bits per heavy atom. The van der Waals surface area contributed by atoms with E-state index in [1.807, 2.05) is 36.4 Å². The standard InChI is InChI=1S/C18H14ClN3O/c19-14-4-2-1-3-13(14)15-7-11-10-22-16(8-12(11)9-21-15)18(5-6-18)17(20)23/h1-4,7-10H,5-6H2,(H2,20,23). The van der Waals surface area contributed by atoms with Crippen molar-refractivity contribution in [1.82, 2.24) is 9.97 Å². The molecule has 1 fully saturated rings. The van der Waals surface area contributed by atoms with E-state index < -0.39 is 5.41 Å². The number of fused-ring (bicyclic) bond motifs is 1. The van der Waals surface area contributed by atoms with Gasteiger partial charge in [0.1, 0.15) is 0 Å². The number of nitrogens with zero attached hydrogens (tertiary/aromatic N) is 2. The lowest BCUT2D eigenvalue weighted by Gasteiger charge is -2.11. The summed E-state index contributed by atoms with van der Waals surface area (Å²) in [5.74, 6) is -0.301. The van der Waals surface area contributed by atoms with Crippen molar-refractivity contribution < 1.29 is 4.79 Å². The van der Waals surface area contributed by atoms with Crippen LogP contribution in [0.2, 0.25) is 5.02 Å². The number of carbonyl (C=O) groups excluding carboxylic acids is 1. The number of hydrogen-bond donors (Lipinski definition) is 1. The lowest BCUT2D eigenvalue weighted by Crippen LogP contribution is -2.29. The van der Waals surface area contributed by atoms with Gasteiger partial charge in [-0.25, -0.2) is 0 Å². The monoisotopic (exact) mass is 323 g/mol. The highest BCUT2D eigenvalue weighted by molar-refractivity contribution is 6.33. The summed E-state index contributed by atoms with van der Waals surface area (Å²) >= 11 is 6.23. The van der Waals surface area contributed by atoms with Crippen LogP contribution in [0.5, 0.6) is 0 Å². The Labute approximate surface area is 138 Å². The molecule has 0 spiro atoms. The number of nitrogens with two attached hydrogens (primary N) is 1. The summed E-state index contributed by atoms with van der Waals surface area (Å²) in [7, 11) is 0. The van der Waals surface area contributed by atoms with E-state index >= 15 is 0 Å². The normalized spacial score (nSPS) is 15.5. The number of benzene rings is 1. The van der Waals surface area contributed by atoms with Gasteiger partial charge in [-0.05, 0) is 31.0 Å². The van der Waals surface area contributed by atoms with Crippen molar-refractivity contribution in [3.63, 3.8) is 0 Å². The molecule has 114 valence electrons. The number of aromatic nitrogens is 2. The maximum absolute atomic E-state index is 11.6. The van der Waals surface area contributed by atoms with Crippen LogP contribution in [-0.4, -0.2) is 15.9 Å². The van der Waals surface area contributed by atoms with Crippen LogP contribution >= 0.6 is 11.6 Å². The Hall–Kier alpha value is -2.46. The molecule has 5 heteroatoms. The molecule has 0 aliphatic heterocycles. The van der Waals surface area contributed by atoms with Gasteiger partial charge in [-0.1, -0.05) is 29.8 Å². The Balaban J connectivity index is 1.80. The van der Waals surface area contributed by atoms with Gasteiger partial charge >= 0.3 is 0 Å². The smallest absolute Gasteiger partial charge is 0.229 e. The predicted octanol–water partition coefficient (Wildman–Crippen LogP) is 3.47. The van der Waals surface area contributed by atoms with E-state index in [4.69, 9.17) is 17.3 Å². The van der Waals surface area contributed by atoms with Crippen molar-refractivity contribution in [3.05, 3.63) is 59.5 Å². The third-order valence-corrected chi connectivity index (χ3v) is 4.79. The zero-order valence-electron chi connectivity index (χ0n) is 12.3. The molecule has 0 saturated heterocycles. The second kappa shape index (κ2) is 5.03. The van der Waals surface area contributed by atoms with Crippen LogP contribution in [-0.2, 0) is 10.2 Å². The van der Waals surface area contributed by atoms with Gasteiger partial charge < -0.3 is 5.73 Å². The van der Waals surface area contributed by atoms with Crippen LogP contribution in [0.1, 0.15) is 18.5 Å². The highest BCUT2D eigenvalue weighted by Crippen LogP contribution is 2.47. The fourth-order valence-electron chi connectivity index (χ4n) is 2.87. The molecule has 0 unspecified atom stereocenters. The molecule has 1 aliphatic carbocycles. The molecule has 4 rings (SSSR count). The number of rotatable bonds is 3. The molecule has 2 N–H and O–H groups in total. The van der Waals surface area contributed by atoms with Crippen molar-refractivity contribution in [2.45, 2.75) is 18.3 Å². The second-order valence-corrected chi connectivity index (χ2v) is 6.32. The van der Waals surface area contributed by atoms with Crippen LogP contribution in [0.3, 0.4) is 0 Å². The summed E-state index contributed by atoms with van der Waals surface area (Å²) in [6, 6.07) is 11.5. The first-order valence-corrected chi connectivity index (χ1v) is 7.79. The number of pyridine rings is 2. The molecule has 1 saturated carbocycles. The van der Waals surface area contributed by atoms with Gasteiger partial charge in [0, 0.05) is 33.8 Å². The number of halogens is 1. The Morgan fingerprint density at radius 2 is 1.78 bits per heavy atom. The Kier molecular flexibility index (Phi) is 3.10. The van der Waals surface area contributed by atoms with E-state index in [1.165, 1.54) is 0 Å². The average molecular weight is 324 g/mol. The SMILES string of the molecule is NC(=O)C1(c2cc3cnc(-c4ccccc4Cl)cc3cn2)CC1. The third-order valence-electron chi connectivity index (χ3n) is 4.46. The molecular weight excluding hydrogens is 310 g/mol. The molecule has 1 aliphatic rings. The van der Waals surface area contributed by atoms with Gasteiger partial charge in [-0.15, -0.1) is 0 Å². The van der Waals surface area contributed by atoms with E-state index in [-0.39, 0.29) is 5.91 Å². The molecule has 1 amide bonds. The minimum absolute atomic E-state index is 0.301. The number of primary amides is 1. The fourth-order valence-corrected chi connectivity index (χ4v) is 3.10. The number of amides is 1. The number of carbonyl (C=O) groups is 1. The summed E-state index contributed by atoms with van der Waals surface area (Å²) in [5, 5.41) is 2.56. The van der Waals surface area contributed by atoms with Gasteiger partial charge in [-0.2, -0.15) is 0 Å². The van der Waals surface area contributed by atoms with Gasteiger partial charge in [0.25, 0.3) is 0 Å². The summed E-state index contributed by atoms with van der Waals surface area (Å²) in [6.07, 6.45) is 5.10. The van der Waals surface area contributed by atoms with Gasteiger partial charge in [-0.3, -0.25) is 14.8 Å². The van der Waals surface area contributed by atoms with Crippen molar-refractivity contribution in [2.24, 2.45) is 5.73 Å². The first-order valence-electron chi connectivity index (χ1n) is 7.41. The maximum atomic E-state index is 11.6. The number of hydrogen-bond acceptors (Lipinski definition) is 3. The largest absolute Gasteiger partial charge is 0.369 e. The quantitative estimate of drug-likeness (QED) is 0.802. The fraction of sp³-hybridized carbons (Fsp3) is 0.167. The van der Waals surface area contributed by atoms with Crippen molar-refractivity contribution in [3.8, 4) is 11.3 Å². The van der Waals surface area contributed by atoms with Crippen molar-refractivity contribution in [2.75, 3.05) is 0 Å². The molecular formula is C18H14ClN3O. The summed E-state index contributed by atoms with van der Waals surface area (Å²) in [4.78, 5) is 20.6. The summed E-state index contributed by atoms with van der Waals surface area (Å²) < 4.78 is 0. The van der Waals surface area contributed by atoms with E-state index in [1.54, 1.807) is 12.4 Å². The second-order valence-electron chi connectivity index (χ2n) is 5.91. The summed E-state index contributed by atoms with van der Waals surface area (Å²) in [6.45, 7) is 0. The predicted molar refractivity (Wildman–Crippen MR) is 90.1 cm³/mol. The maximum Gasteiger partial charge on any atom is 0.229 e. The van der Waals surface area contributed by atoms with E-state index in [0.29, 0.717) is 5.02 Å². The summed E-state index contributed by atoms with van der Waals surface area (Å²) in [5.41, 5.74) is 7.37. The molecule has 4 nitrogen and oxygen atoms in total. The molecule has 2 heterocycles. The average Bonchev–Trinajstić information content (AvgIpc) is 3.36. The highest BCUT2D eigenvalue weighted by Gasteiger charge is 2.51. The van der Waals surface area contributed by atoms with Gasteiger partial charge in [0.2, 0.25) is 5.91 Å². The van der Waals surface area contributed by atoms with E-state index in [9.17, 15) is 4.79 Å². The molecule has 0 radical (unpaired) electrons. The third kappa shape index (κ3) is 2.26. The molecule has 0 atom stereocenters. The van der Waals surface area contributed by atoms with Crippen molar-refractivity contribution >= 4 is 28.3 Å². The lowest BCUT2D eigenvalue weighted by molar-refractivity contribution is -0.120. The molecule has 1 aromatic carbocycles. The van der Waals surface area contributed by atoms with Gasteiger partial charge in [0.05, 0.1) is 16.8 Å². The Bertz CT molecular complexity index is 934. The molecule has 23 heavy (non-hydrogen) atoms. The minimum atomic E-state index is -0.574. The van der Waals surface area contributed by atoms with Crippen molar-refractivity contribution in [1.29, 1.82) is 0 Å².